The highest BCUT2D eigenvalue weighted by atomic mass is 19.1. The Morgan fingerprint density at radius 2 is 2.09 bits per heavy atom. The Balaban J connectivity index is 1.80. The van der Waals surface area contributed by atoms with E-state index in [4.69, 9.17) is 0 Å². The van der Waals surface area contributed by atoms with Gasteiger partial charge in [-0.05, 0) is 49.4 Å². The molecule has 1 fully saturated rings. The molecule has 1 aromatic rings. The molecule has 1 aromatic carbocycles. The van der Waals surface area contributed by atoms with E-state index in [1.807, 2.05) is 12.1 Å². The quantitative estimate of drug-likeness (QED) is 0.875. The summed E-state index contributed by atoms with van der Waals surface area (Å²) in [4.78, 5) is 14.5. The van der Waals surface area contributed by atoms with Crippen molar-refractivity contribution in [2.75, 3.05) is 19.6 Å². The number of hydrogen-bond acceptors (Lipinski definition) is 2. The molecule has 1 aliphatic heterocycles. The summed E-state index contributed by atoms with van der Waals surface area (Å²) >= 11 is 0. The minimum Gasteiger partial charge on any atom is -0.356 e. The van der Waals surface area contributed by atoms with Crippen molar-refractivity contribution in [1.29, 1.82) is 0 Å². The van der Waals surface area contributed by atoms with Crippen LogP contribution in [0.4, 0.5) is 4.39 Å². The fourth-order valence-corrected chi connectivity index (χ4v) is 2.89. The van der Waals surface area contributed by atoms with Crippen molar-refractivity contribution in [3.05, 3.63) is 35.6 Å². The highest BCUT2D eigenvalue weighted by Crippen LogP contribution is 2.19. The number of amides is 1. The molecule has 0 bridgehead atoms. The number of carbonyl (C=O) groups excluding carboxylic acids is 1. The lowest BCUT2D eigenvalue weighted by atomic mass is 9.96. The zero-order valence-corrected chi connectivity index (χ0v) is 13.6. The zero-order chi connectivity index (χ0) is 15.9. The number of carbonyl (C=O) groups is 1. The summed E-state index contributed by atoms with van der Waals surface area (Å²) in [6.07, 6.45) is 3.04. The molecule has 1 aliphatic rings. The first-order chi connectivity index (χ1) is 10.5. The molecule has 1 unspecified atom stereocenters. The molecule has 2 rings (SSSR count). The lowest BCUT2D eigenvalue weighted by Crippen LogP contribution is -2.43. The molecule has 1 amide bonds. The first kappa shape index (κ1) is 16.9. The molecule has 0 spiro atoms. The van der Waals surface area contributed by atoms with Gasteiger partial charge in [-0.3, -0.25) is 9.69 Å². The van der Waals surface area contributed by atoms with E-state index in [-0.39, 0.29) is 17.6 Å². The average molecular weight is 306 g/mol. The Bertz CT molecular complexity index is 472. The van der Waals surface area contributed by atoms with Gasteiger partial charge in [0.25, 0.3) is 0 Å². The van der Waals surface area contributed by atoms with Crippen LogP contribution < -0.4 is 5.32 Å². The van der Waals surface area contributed by atoms with Gasteiger partial charge in [0.05, 0.1) is 5.92 Å². The maximum Gasteiger partial charge on any atom is 0.224 e. The number of rotatable bonds is 6. The monoisotopic (exact) mass is 306 g/mol. The van der Waals surface area contributed by atoms with Crippen LogP contribution in [0.25, 0.3) is 0 Å². The van der Waals surface area contributed by atoms with Gasteiger partial charge in [-0.1, -0.05) is 26.0 Å². The Hall–Kier alpha value is -1.42. The number of piperidine rings is 1. The molecule has 1 N–H and O–H groups in total. The second-order valence-electron chi connectivity index (χ2n) is 6.67. The Kier molecular flexibility index (Phi) is 6.37. The maximum absolute atomic E-state index is 12.9. The van der Waals surface area contributed by atoms with Crippen LogP contribution in [0, 0.1) is 17.7 Å². The van der Waals surface area contributed by atoms with Crippen molar-refractivity contribution in [1.82, 2.24) is 10.2 Å². The standard InChI is InChI=1S/C18H27FN2O/c1-14(2)9-10-20-18(22)16-4-3-11-21(13-16)12-15-5-7-17(19)8-6-15/h5-8,14,16H,3-4,9-13H2,1-2H3,(H,20,22). The zero-order valence-electron chi connectivity index (χ0n) is 13.6. The molecule has 1 saturated heterocycles. The van der Waals surface area contributed by atoms with E-state index in [1.54, 1.807) is 0 Å². The minimum absolute atomic E-state index is 0.0846. The second-order valence-corrected chi connectivity index (χ2v) is 6.67. The van der Waals surface area contributed by atoms with Crippen LogP contribution in [0.1, 0.15) is 38.7 Å². The van der Waals surface area contributed by atoms with E-state index >= 15 is 0 Å². The van der Waals surface area contributed by atoms with E-state index in [1.165, 1.54) is 12.1 Å². The van der Waals surface area contributed by atoms with Crippen LogP contribution >= 0.6 is 0 Å². The number of benzene rings is 1. The first-order valence-electron chi connectivity index (χ1n) is 8.29. The predicted octanol–water partition coefficient (Wildman–Crippen LogP) is 3.20. The summed E-state index contributed by atoms with van der Waals surface area (Å²) in [5.41, 5.74) is 1.10. The van der Waals surface area contributed by atoms with Crippen LogP contribution in [-0.4, -0.2) is 30.4 Å². The van der Waals surface area contributed by atoms with Crippen LogP contribution in [0.2, 0.25) is 0 Å². The van der Waals surface area contributed by atoms with Crippen LogP contribution in [0.15, 0.2) is 24.3 Å². The number of halogens is 1. The van der Waals surface area contributed by atoms with E-state index in [0.29, 0.717) is 5.92 Å². The highest BCUT2D eigenvalue weighted by Gasteiger charge is 2.25. The summed E-state index contributed by atoms with van der Waals surface area (Å²) in [5.74, 6) is 0.678. The van der Waals surface area contributed by atoms with Gasteiger partial charge in [-0.25, -0.2) is 4.39 Å². The molecule has 122 valence electrons. The summed E-state index contributed by atoms with van der Waals surface area (Å²) < 4.78 is 12.9. The first-order valence-corrected chi connectivity index (χ1v) is 8.29. The summed E-state index contributed by atoms with van der Waals surface area (Å²) in [5, 5.41) is 3.06. The number of nitrogens with one attached hydrogen (secondary N) is 1. The maximum atomic E-state index is 12.9. The van der Waals surface area contributed by atoms with Gasteiger partial charge in [-0.2, -0.15) is 0 Å². The van der Waals surface area contributed by atoms with Crippen molar-refractivity contribution in [3.8, 4) is 0 Å². The van der Waals surface area contributed by atoms with Gasteiger partial charge >= 0.3 is 0 Å². The molecular formula is C18H27FN2O. The van der Waals surface area contributed by atoms with Crippen LogP contribution in [0.5, 0.6) is 0 Å². The third-order valence-electron chi connectivity index (χ3n) is 4.22. The fourth-order valence-electron chi connectivity index (χ4n) is 2.89. The van der Waals surface area contributed by atoms with E-state index < -0.39 is 0 Å². The molecule has 0 aromatic heterocycles. The van der Waals surface area contributed by atoms with Gasteiger partial charge in [-0.15, -0.1) is 0 Å². The van der Waals surface area contributed by atoms with Gasteiger partial charge in [0, 0.05) is 19.6 Å². The SMILES string of the molecule is CC(C)CCNC(=O)C1CCCN(Cc2ccc(F)cc2)C1. The third-order valence-corrected chi connectivity index (χ3v) is 4.22. The Morgan fingerprint density at radius 1 is 1.36 bits per heavy atom. The van der Waals surface area contributed by atoms with Crippen molar-refractivity contribution in [3.63, 3.8) is 0 Å². The average Bonchev–Trinajstić information content (AvgIpc) is 2.49. The van der Waals surface area contributed by atoms with Gasteiger partial charge in [0.2, 0.25) is 5.91 Å². The number of likely N-dealkylation sites (tertiary alicyclic amines) is 1. The summed E-state index contributed by atoms with van der Waals surface area (Å²) in [6.45, 7) is 7.69. The molecule has 0 radical (unpaired) electrons. The van der Waals surface area contributed by atoms with E-state index in [2.05, 4.69) is 24.1 Å². The van der Waals surface area contributed by atoms with Gasteiger partial charge in [0.15, 0.2) is 0 Å². The number of hydrogen-bond donors (Lipinski definition) is 1. The fraction of sp³-hybridized carbons (Fsp3) is 0.611. The molecule has 1 atom stereocenters. The van der Waals surface area contributed by atoms with Crippen molar-refractivity contribution >= 4 is 5.91 Å². The molecule has 0 saturated carbocycles. The molecule has 0 aliphatic carbocycles. The lowest BCUT2D eigenvalue weighted by Gasteiger charge is -2.32. The molecular weight excluding hydrogens is 279 g/mol. The molecule has 1 heterocycles. The minimum atomic E-state index is -0.204. The molecule has 3 nitrogen and oxygen atoms in total. The topological polar surface area (TPSA) is 32.3 Å². The Morgan fingerprint density at radius 3 is 2.77 bits per heavy atom. The summed E-state index contributed by atoms with van der Waals surface area (Å²) in [7, 11) is 0. The van der Waals surface area contributed by atoms with Crippen molar-refractivity contribution < 1.29 is 9.18 Å². The van der Waals surface area contributed by atoms with E-state index in [9.17, 15) is 9.18 Å². The van der Waals surface area contributed by atoms with Gasteiger partial charge in [0.1, 0.15) is 5.82 Å². The molecule has 22 heavy (non-hydrogen) atoms. The Labute approximate surface area is 132 Å². The van der Waals surface area contributed by atoms with E-state index in [0.717, 1.165) is 51.0 Å². The normalized spacial score (nSPS) is 19.4. The predicted molar refractivity (Wildman–Crippen MR) is 86.9 cm³/mol. The highest BCUT2D eigenvalue weighted by molar-refractivity contribution is 5.78. The van der Waals surface area contributed by atoms with Gasteiger partial charge < -0.3 is 5.32 Å². The smallest absolute Gasteiger partial charge is 0.224 e. The molecule has 4 heteroatoms. The van der Waals surface area contributed by atoms with Crippen LogP contribution in [0.3, 0.4) is 0 Å². The number of nitrogens with zero attached hydrogens (tertiary/aromatic N) is 1. The lowest BCUT2D eigenvalue weighted by molar-refractivity contribution is -0.126. The third kappa shape index (κ3) is 5.41. The van der Waals surface area contributed by atoms with Crippen LogP contribution in [-0.2, 0) is 11.3 Å². The largest absolute Gasteiger partial charge is 0.356 e. The van der Waals surface area contributed by atoms with Crippen molar-refractivity contribution in [2.24, 2.45) is 11.8 Å². The van der Waals surface area contributed by atoms with Crippen molar-refractivity contribution in [2.45, 2.75) is 39.7 Å². The second kappa shape index (κ2) is 8.28. The summed E-state index contributed by atoms with van der Waals surface area (Å²) in [6, 6.07) is 6.63.